The van der Waals surface area contributed by atoms with Crippen molar-refractivity contribution in [1.29, 1.82) is 0 Å². The van der Waals surface area contributed by atoms with Crippen LogP contribution in [-0.2, 0) is 0 Å². The van der Waals surface area contributed by atoms with Crippen LogP contribution < -0.4 is 10.2 Å². The highest BCUT2D eigenvalue weighted by Gasteiger charge is 2.13. The van der Waals surface area contributed by atoms with Crippen molar-refractivity contribution < 1.29 is 0 Å². The minimum Gasteiger partial charge on any atom is -0.371 e. The maximum Gasteiger partial charge on any atom is 0.187 e. The van der Waals surface area contributed by atoms with Gasteiger partial charge in [-0.05, 0) is 56.0 Å². The molecule has 1 N–H and O–H groups in total. The minimum atomic E-state index is 0.919. The minimum absolute atomic E-state index is 0.919. The van der Waals surface area contributed by atoms with Gasteiger partial charge in [-0.25, -0.2) is 9.97 Å². The van der Waals surface area contributed by atoms with Crippen LogP contribution in [0.25, 0.3) is 16.9 Å². The van der Waals surface area contributed by atoms with Gasteiger partial charge >= 0.3 is 0 Å². The Morgan fingerprint density at radius 1 is 0.967 bits per heavy atom. The summed E-state index contributed by atoms with van der Waals surface area (Å²) in [5, 5.41) is 6.57. The normalized spacial score (nSPS) is 14.1. The third-order valence-corrected chi connectivity index (χ3v) is 6.41. The van der Waals surface area contributed by atoms with Crippen LogP contribution in [0.3, 0.4) is 0 Å². The molecule has 0 spiro atoms. The molecule has 1 saturated heterocycles. The predicted octanol–water partition coefficient (Wildman–Crippen LogP) is 6.04. The van der Waals surface area contributed by atoms with E-state index in [-0.39, 0.29) is 0 Å². The lowest BCUT2D eigenvalue weighted by Crippen LogP contribution is -2.29. The van der Waals surface area contributed by atoms with Gasteiger partial charge in [0.1, 0.15) is 0 Å². The van der Waals surface area contributed by atoms with Gasteiger partial charge in [0.05, 0.1) is 12.0 Å². The van der Waals surface area contributed by atoms with Gasteiger partial charge in [-0.1, -0.05) is 18.2 Å². The van der Waals surface area contributed by atoms with Crippen LogP contribution in [0, 0.1) is 6.92 Å². The molecule has 2 aromatic heterocycles. The molecule has 2 aromatic carbocycles. The van der Waals surface area contributed by atoms with E-state index >= 15 is 0 Å². The van der Waals surface area contributed by atoms with E-state index in [1.54, 1.807) is 23.9 Å². The number of hydrogen-bond donors (Lipinski definition) is 1. The molecule has 30 heavy (non-hydrogen) atoms. The van der Waals surface area contributed by atoms with Crippen LogP contribution in [0.15, 0.2) is 66.6 Å². The summed E-state index contributed by atoms with van der Waals surface area (Å²) < 4.78 is 2.00. The van der Waals surface area contributed by atoms with Gasteiger partial charge in [0.15, 0.2) is 5.13 Å². The number of piperidine rings is 1. The second kappa shape index (κ2) is 8.32. The maximum atomic E-state index is 4.83. The highest BCUT2D eigenvalue weighted by Crippen LogP contribution is 2.31. The van der Waals surface area contributed by atoms with E-state index in [2.05, 4.69) is 70.0 Å². The molecule has 0 atom stereocenters. The first-order chi connectivity index (χ1) is 14.8. The van der Waals surface area contributed by atoms with E-state index in [1.807, 2.05) is 10.8 Å². The summed E-state index contributed by atoms with van der Waals surface area (Å²) in [5.41, 5.74) is 6.86. The summed E-state index contributed by atoms with van der Waals surface area (Å²) in [4.78, 5) is 11.4. The summed E-state index contributed by atoms with van der Waals surface area (Å²) in [5.74, 6) is 0. The third kappa shape index (κ3) is 3.96. The molecule has 1 aliphatic rings. The zero-order valence-electron chi connectivity index (χ0n) is 17.1. The summed E-state index contributed by atoms with van der Waals surface area (Å²) >= 11 is 1.64. The number of rotatable bonds is 5. The number of benzene rings is 2. The van der Waals surface area contributed by atoms with Crippen LogP contribution in [0.2, 0.25) is 0 Å². The second-order valence-corrected chi connectivity index (χ2v) is 8.58. The Balaban J connectivity index is 1.33. The molecule has 152 valence electrons. The highest BCUT2D eigenvalue weighted by molar-refractivity contribution is 7.14. The van der Waals surface area contributed by atoms with Gasteiger partial charge in [-0.3, -0.25) is 0 Å². The Morgan fingerprint density at radius 3 is 2.53 bits per heavy atom. The number of hydrogen-bond acceptors (Lipinski definition) is 5. The van der Waals surface area contributed by atoms with Crippen LogP contribution in [0.5, 0.6) is 0 Å². The van der Waals surface area contributed by atoms with Gasteiger partial charge < -0.3 is 14.8 Å². The molecule has 1 aliphatic heterocycles. The Kier molecular flexibility index (Phi) is 5.24. The number of nitrogens with zero attached hydrogens (tertiary/aromatic N) is 4. The fraction of sp³-hybridized carbons (Fsp3) is 0.250. The van der Waals surface area contributed by atoms with E-state index in [0.717, 1.165) is 40.9 Å². The van der Waals surface area contributed by atoms with E-state index in [4.69, 9.17) is 4.98 Å². The first kappa shape index (κ1) is 18.9. The van der Waals surface area contributed by atoms with Crippen molar-refractivity contribution in [1.82, 2.24) is 14.5 Å². The van der Waals surface area contributed by atoms with Crippen LogP contribution in [0.4, 0.5) is 16.5 Å². The quantitative estimate of drug-likeness (QED) is 0.432. The molecule has 3 heterocycles. The molecule has 0 unspecified atom stereocenters. The lowest BCUT2D eigenvalue weighted by atomic mass is 10.1. The van der Waals surface area contributed by atoms with Crippen molar-refractivity contribution >= 4 is 27.8 Å². The van der Waals surface area contributed by atoms with Gasteiger partial charge in [-0.15, -0.1) is 11.3 Å². The van der Waals surface area contributed by atoms with Crippen molar-refractivity contribution in [3.63, 3.8) is 0 Å². The Morgan fingerprint density at radius 2 is 1.77 bits per heavy atom. The number of aromatic nitrogens is 3. The first-order valence-corrected chi connectivity index (χ1v) is 11.3. The Bertz CT molecular complexity index is 1110. The standard InChI is InChI=1S/C24H25N5S/c1-18-5-8-21(28-12-3-2-4-13-28)15-22(18)26-24-27-23(16-30-24)19-6-9-20(10-7-19)29-14-11-25-17-29/h5-11,14-17H,2-4,12-13H2,1H3,(H,26,27). The molecule has 4 aromatic rings. The number of anilines is 3. The molecule has 1 fully saturated rings. The Labute approximate surface area is 181 Å². The van der Waals surface area contributed by atoms with Gasteiger partial charge in [0, 0.05) is 53.5 Å². The third-order valence-electron chi connectivity index (χ3n) is 5.65. The fourth-order valence-electron chi connectivity index (χ4n) is 3.89. The molecule has 5 rings (SSSR count). The summed E-state index contributed by atoms with van der Waals surface area (Å²) in [7, 11) is 0. The SMILES string of the molecule is Cc1ccc(N2CCCCC2)cc1Nc1nc(-c2ccc(-n3ccnc3)cc2)cs1. The van der Waals surface area contributed by atoms with E-state index < -0.39 is 0 Å². The van der Waals surface area contributed by atoms with Crippen molar-refractivity contribution in [3.8, 4) is 16.9 Å². The smallest absolute Gasteiger partial charge is 0.187 e. The largest absolute Gasteiger partial charge is 0.371 e. The van der Waals surface area contributed by atoms with Gasteiger partial charge in [0.25, 0.3) is 0 Å². The summed E-state index contributed by atoms with van der Waals surface area (Å²) in [6.45, 7) is 4.45. The van der Waals surface area contributed by atoms with Crippen LogP contribution in [0.1, 0.15) is 24.8 Å². The molecule has 0 amide bonds. The topological polar surface area (TPSA) is 46.0 Å². The molecule has 5 nitrogen and oxygen atoms in total. The van der Waals surface area contributed by atoms with E-state index in [9.17, 15) is 0 Å². The second-order valence-electron chi connectivity index (χ2n) is 7.73. The molecule has 0 radical (unpaired) electrons. The highest BCUT2D eigenvalue weighted by atomic mass is 32.1. The first-order valence-electron chi connectivity index (χ1n) is 10.4. The lowest BCUT2D eigenvalue weighted by Gasteiger charge is -2.29. The van der Waals surface area contributed by atoms with E-state index in [0.29, 0.717) is 0 Å². The number of nitrogens with one attached hydrogen (secondary N) is 1. The molecular weight excluding hydrogens is 390 g/mol. The molecule has 6 heteroatoms. The summed E-state index contributed by atoms with van der Waals surface area (Å²) in [6.07, 6.45) is 9.45. The van der Waals surface area contributed by atoms with Crippen LogP contribution >= 0.6 is 11.3 Å². The zero-order valence-corrected chi connectivity index (χ0v) is 17.9. The average molecular weight is 416 g/mol. The lowest BCUT2D eigenvalue weighted by molar-refractivity contribution is 0.578. The number of imidazole rings is 1. The summed E-state index contributed by atoms with van der Waals surface area (Å²) in [6, 6.07) is 15.1. The molecular formula is C24H25N5S. The monoisotopic (exact) mass is 415 g/mol. The van der Waals surface area contributed by atoms with E-state index in [1.165, 1.54) is 30.5 Å². The van der Waals surface area contributed by atoms with Gasteiger partial charge in [0.2, 0.25) is 0 Å². The average Bonchev–Trinajstić information content (AvgIpc) is 3.49. The van der Waals surface area contributed by atoms with Crippen LogP contribution in [-0.4, -0.2) is 27.6 Å². The number of aryl methyl sites for hydroxylation is 1. The maximum absolute atomic E-state index is 4.83. The Hall–Kier alpha value is -3.12. The predicted molar refractivity (Wildman–Crippen MR) is 125 cm³/mol. The molecule has 0 bridgehead atoms. The molecule has 0 saturated carbocycles. The zero-order chi connectivity index (χ0) is 20.3. The number of thiazole rings is 1. The van der Waals surface area contributed by atoms with Crippen molar-refractivity contribution in [2.45, 2.75) is 26.2 Å². The molecule has 0 aliphatic carbocycles. The van der Waals surface area contributed by atoms with Crippen molar-refractivity contribution in [2.24, 2.45) is 0 Å². The van der Waals surface area contributed by atoms with Gasteiger partial charge in [-0.2, -0.15) is 0 Å². The van der Waals surface area contributed by atoms with Crippen molar-refractivity contribution in [3.05, 3.63) is 72.1 Å². The fourth-order valence-corrected chi connectivity index (χ4v) is 4.62. The van der Waals surface area contributed by atoms with Crippen molar-refractivity contribution in [2.75, 3.05) is 23.3 Å².